The lowest BCUT2D eigenvalue weighted by molar-refractivity contribution is -0.146. The van der Waals surface area contributed by atoms with Crippen molar-refractivity contribution in [3.8, 4) is 0 Å². The number of carbonyl (C=O) groups excluding carboxylic acids is 1. The smallest absolute Gasteiger partial charge is 0.319 e. The maximum atomic E-state index is 13.6. The molecule has 8 heteroatoms. The average molecular weight is 446 g/mol. The van der Waals surface area contributed by atoms with E-state index in [1.807, 2.05) is 51.1 Å². The minimum Gasteiger partial charge on any atom is -0.481 e. The number of carboxylic acid groups (broad SMARTS) is 1. The third-order valence-corrected chi connectivity index (χ3v) is 6.63. The Morgan fingerprint density at radius 1 is 1.06 bits per heavy atom. The lowest BCUT2D eigenvalue weighted by Crippen LogP contribution is -2.38. The number of hydrogen-bond donors (Lipinski definition) is 3. The molecule has 0 aliphatic rings. The molecule has 4 N–H and O–H groups in total. The summed E-state index contributed by atoms with van der Waals surface area (Å²) in [4.78, 5) is 24.4. The predicted molar refractivity (Wildman–Crippen MR) is 121 cm³/mol. The Balaban J connectivity index is 2.32. The lowest BCUT2D eigenvalue weighted by Gasteiger charge is -2.29. The summed E-state index contributed by atoms with van der Waals surface area (Å²) in [7, 11) is -3.87. The summed E-state index contributed by atoms with van der Waals surface area (Å²) in [5.74, 6) is -1.74. The van der Waals surface area contributed by atoms with E-state index >= 15 is 0 Å². The van der Waals surface area contributed by atoms with Gasteiger partial charge in [-0.1, -0.05) is 81.4 Å². The van der Waals surface area contributed by atoms with Gasteiger partial charge in [-0.3, -0.25) is 19.7 Å². The second-order valence-electron chi connectivity index (χ2n) is 8.77. The summed E-state index contributed by atoms with van der Waals surface area (Å²) in [6.07, 6.45) is -0.223. The Hall–Kier alpha value is -2.47. The highest BCUT2D eigenvalue weighted by molar-refractivity contribution is 7.61. The number of ether oxygens (including phenoxy) is 1. The summed E-state index contributed by atoms with van der Waals surface area (Å²) in [6, 6.07) is 17.1. The minimum absolute atomic E-state index is 0.110. The molecule has 0 aromatic heterocycles. The number of nitrogens with one attached hydrogen (secondary N) is 1. The molecule has 2 aromatic rings. The molecule has 2 unspecified atom stereocenters. The van der Waals surface area contributed by atoms with Crippen LogP contribution in [0.4, 0.5) is 0 Å². The van der Waals surface area contributed by atoms with Gasteiger partial charge >= 0.3 is 11.9 Å². The van der Waals surface area contributed by atoms with Crippen LogP contribution in [0.1, 0.15) is 44.4 Å². The number of benzene rings is 2. The summed E-state index contributed by atoms with van der Waals surface area (Å²) < 4.78 is 19.1. The molecule has 0 aliphatic carbocycles. The zero-order valence-corrected chi connectivity index (χ0v) is 19.0. The summed E-state index contributed by atoms with van der Waals surface area (Å²) in [5.41, 5.74) is 6.19. The van der Waals surface area contributed by atoms with Gasteiger partial charge in [0, 0.05) is 6.04 Å². The molecule has 0 spiro atoms. The second-order valence-corrected chi connectivity index (χ2v) is 11.1. The largest absolute Gasteiger partial charge is 0.481 e. The van der Waals surface area contributed by atoms with Crippen LogP contribution in [-0.4, -0.2) is 29.3 Å². The van der Waals surface area contributed by atoms with Crippen molar-refractivity contribution in [3.63, 3.8) is 0 Å². The maximum absolute atomic E-state index is 13.6. The molecule has 0 saturated carbocycles. The topological polar surface area (TPSA) is 119 Å². The van der Waals surface area contributed by atoms with Crippen molar-refractivity contribution in [2.24, 2.45) is 10.9 Å². The van der Waals surface area contributed by atoms with E-state index in [2.05, 4.69) is 5.09 Å². The molecule has 0 saturated heterocycles. The average Bonchev–Trinajstić information content (AvgIpc) is 2.70. The van der Waals surface area contributed by atoms with Gasteiger partial charge in [-0.05, 0) is 23.0 Å². The van der Waals surface area contributed by atoms with E-state index in [-0.39, 0.29) is 24.9 Å². The molecular weight excluding hydrogens is 415 g/mol. The molecule has 0 radical (unpaired) electrons. The highest BCUT2D eigenvalue weighted by Gasteiger charge is 2.39. The summed E-state index contributed by atoms with van der Waals surface area (Å²) in [5, 5.41) is 12.1. The van der Waals surface area contributed by atoms with E-state index in [1.54, 1.807) is 30.3 Å². The Morgan fingerprint density at radius 2 is 1.61 bits per heavy atom. The van der Waals surface area contributed by atoms with Gasteiger partial charge in [-0.15, -0.1) is 0 Å². The number of carbonyl (C=O) groups is 2. The van der Waals surface area contributed by atoms with E-state index in [0.29, 0.717) is 5.56 Å². The van der Waals surface area contributed by atoms with Gasteiger partial charge in [0.2, 0.25) is 7.44 Å². The van der Waals surface area contributed by atoms with Crippen LogP contribution in [0, 0.1) is 5.41 Å². The first-order chi connectivity index (χ1) is 14.5. The van der Waals surface area contributed by atoms with E-state index in [0.717, 1.165) is 5.56 Å². The molecule has 0 bridgehead atoms. The highest BCUT2D eigenvalue weighted by Crippen LogP contribution is 2.44. The van der Waals surface area contributed by atoms with Crippen molar-refractivity contribution >= 4 is 19.4 Å². The van der Waals surface area contributed by atoms with Gasteiger partial charge in [-0.2, -0.15) is 0 Å². The maximum Gasteiger partial charge on any atom is 0.319 e. The predicted octanol–water partition coefficient (Wildman–Crippen LogP) is 4.14. The Kier molecular flexibility index (Phi) is 8.57. The first-order valence-electron chi connectivity index (χ1n) is 10.1. The van der Waals surface area contributed by atoms with E-state index in [4.69, 9.17) is 10.2 Å². The molecule has 0 heterocycles. The molecule has 0 fully saturated rings. The van der Waals surface area contributed by atoms with Crippen LogP contribution >= 0.6 is 7.44 Å². The van der Waals surface area contributed by atoms with Gasteiger partial charge < -0.3 is 9.84 Å². The van der Waals surface area contributed by atoms with Crippen molar-refractivity contribution in [2.45, 2.75) is 45.3 Å². The SMILES string of the molecule is CC(C)(C)COC(=O)[C@@H](Cc1ccccc1)P(N)(=O)NC(CC(=O)O)c1ccccc1. The minimum atomic E-state index is -3.87. The summed E-state index contributed by atoms with van der Waals surface area (Å²) in [6.45, 7) is 5.91. The van der Waals surface area contributed by atoms with Crippen LogP contribution in [0.2, 0.25) is 0 Å². The fourth-order valence-corrected chi connectivity index (χ4v) is 4.81. The Bertz CT molecular complexity index is 913. The zero-order chi connectivity index (χ0) is 23.1. The van der Waals surface area contributed by atoms with Crippen LogP contribution in [0.3, 0.4) is 0 Å². The second kappa shape index (κ2) is 10.7. The van der Waals surface area contributed by atoms with Gasteiger partial charge in [0.05, 0.1) is 13.0 Å². The first-order valence-corrected chi connectivity index (χ1v) is 12.0. The number of esters is 1. The third kappa shape index (κ3) is 8.29. The number of carboxylic acids is 1. The van der Waals surface area contributed by atoms with Gasteiger partial charge in [-0.25, -0.2) is 5.09 Å². The monoisotopic (exact) mass is 446 g/mol. The molecule has 2 aromatic carbocycles. The molecule has 3 atom stereocenters. The van der Waals surface area contributed by atoms with Crippen molar-refractivity contribution in [1.29, 1.82) is 0 Å². The fraction of sp³-hybridized carbons (Fsp3) is 0.391. The Labute approximate surface area is 183 Å². The third-order valence-electron chi connectivity index (χ3n) is 4.59. The molecular formula is C23H31N2O5P. The molecule has 2 rings (SSSR count). The van der Waals surface area contributed by atoms with Gasteiger partial charge in [0.1, 0.15) is 5.66 Å². The number of hydrogen-bond acceptors (Lipinski definition) is 4. The molecule has 168 valence electrons. The van der Waals surface area contributed by atoms with Crippen molar-refractivity contribution < 1.29 is 24.0 Å². The van der Waals surface area contributed by atoms with Crippen molar-refractivity contribution in [3.05, 3.63) is 71.8 Å². The van der Waals surface area contributed by atoms with Crippen LogP contribution in [0.5, 0.6) is 0 Å². The van der Waals surface area contributed by atoms with E-state index < -0.39 is 31.1 Å². The zero-order valence-electron chi connectivity index (χ0n) is 18.2. The standard InChI is InChI=1S/C23H31N2O5P/c1-23(2,3)16-30-22(28)20(14-17-10-6-4-7-11-17)31(24,29)25-19(15-21(26)27)18-12-8-5-9-13-18/h4-13,19-20H,14-16H2,1-3H3,(H,26,27)(H3,24,25,29)/t19?,20-,31?/m1/s1. The fourth-order valence-electron chi connectivity index (χ4n) is 3.03. The van der Waals surface area contributed by atoms with Crippen molar-refractivity contribution in [1.82, 2.24) is 5.09 Å². The van der Waals surface area contributed by atoms with Crippen molar-refractivity contribution in [2.75, 3.05) is 6.61 Å². The van der Waals surface area contributed by atoms with Crippen LogP contribution in [0.25, 0.3) is 0 Å². The van der Waals surface area contributed by atoms with Crippen LogP contribution < -0.4 is 10.6 Å². The van der Waals surface area contributed by atoms with Crippen LogP contribution in [-0.2, 0) is 25.3 Å². The van der Waals surface area contributed by atoms with Gasteiger partial charge in [0.25, 0.3) is 0 Å². The van der Waals surface area contributed by atoms with E-state index in [1.165, 1.54) is 0 Å². The molecule has 0 aliphatic heterocycles. The normalized spacial score (nSPS) is 15.5. The molecule has 31 heavy (non-hydrogen) atoms. The summed E-state index contributed by atoms with van der Waals surface area (Å²) >= 11 is 0. The Morgan fingerprint density at radius 3 is 2.13 bits per heavy atom. The number of aliphatic carboxylic acids is 1. The molecule has 0 amide bonds. The highest BCUT2D eigenvalue weighted by atomic mass is 31.2. The number of nitrogens with two attached hydrogens (primary N) is 1. The molecule has 7 nitrogen and oxygen atoms in total. The van der Waals surface area contributed by atoms with Gasteiger partial charge in [0.15, 0.2) is 0 Å². The lowest BCUT2D eigenvalue weighted by atomic mass is 9.99. The number of rotatable bonds is 10. The first kappa shape index (κ1) is 24.8. The van der Waals surface area contributed by atoms with Crippen LogP contribution in [0.15, 0.2) is 60.7 Å². The van der Waals surface area contributed by atoms with E-state index in [9.17, 15) is 19.3 Å². The quantitative estimate of drug-likeness (QED) is 0.371.